The highest BCUT2D eigenvalue weighted by Crippen LogP contribution is 2.27. The zero-order valence-electron chi connectivity index (χ0n) is 11.2. The molecule has 2 N–H and O–H groups in total. The molecule has 7 nitrogen and oxygen atoms in total. The molecule has 10 heteroatoms. The fourth-order valence-electron chi connectivity index (χ4n) is 1.49. The molecule has 0 amide bonds. The molecule has 0 saturated carbocycles. The summed E-state index contributed by atoms with van der Waals surface area (Å²) in [6.07, 6.45) is -5.31. The zero-order valence-corrected chi connectivity index (χ0v) is 12.0. The smallest absolute Gasteiger partial charge is 0.289 e. The summed E-state index contributed by atoms with van der Waals surface area (Å²) in [6.45, 7) is 2.20. The summed E-state index contributed by atoms with van der Waals surface area (Å²) in [5, 5.41) is 19.8. The zero-order chi connectivity index (χ0) is 16.4. The molecule has 1 rings (SSSR count). The van der Waals surface area contributed by atoms with Gasteiger partial charge in [-0.3, -0.25) is 10.1 Å². The number of aliphatic hydroxyl groups excluding tert-OH is 1. The monoisotopic (exact) mass is 324 g/mol. The Labute approximate surface area is 119 Å². The average molecular weight is 324 g/mol. The molecule has 0 aliphatic heterocycles. The van der Waals surface area contributed by atoms with E-state index in [0.29, 0.717) is 11.1 Å². The van der Waals surface area contributed by atoms with Crippen LogP contribution >= 0.6 is 0 Å². The second-order valence-electron chi connectivity index (χ2n) is 4.42. The molecule has 0 heterocycles. The Morgan fingerprint density at radius 2 is 1.86 bits per heavy atom. The first-order chi connectivity index (χ1) is 9.56. The summed E-state index contributed by atoms with van der Waals surface area (Å²) >= 11 is 0. The lowest BCUT2D eigenvalue weighted by atomic mass is 10.1. The van der Waals surface area contributed by atoms with Crippen LogP contribution in [-0.2, 0) is 10.0 Å². The van der Waals surface area contributed by atoms with Crippen molar-refractivity contribution in [1.82, 2.24) is 4.72 Å². The molecule has 0 spiro atoms. The highest BCUT2D eigenvalue weighted by molar-refractivity contribution is 7.89. The first-order valence-corrected chi connectivity index (χ1v) is 7.26. The standard InChI is InChI=1S/C11H14F2N2O5S/c1-6-3-8(15(17)18)10(4-7(6)2)21(19,20)14-5-9(16)11(12)13/h3-4,9,11,14,16H,5H2,1-2H3. The van der Waals surface area contributed by atoms with E-state index in [1.165, 1.54) is 0 Å². The first kappa shape index (κ1) is 17.4. The Hall–Kier alpha value is -1.65. The third-order valence-corrected chi connectivity index (χ3v) is 4.29. The topological polar surface area (TPSA) is 110 Å². The van der Waals surface area contributed by atoms with Crippen molar-refractivity contribution in [3.8, 4) is 0 Å². The van der Waals surface area contributed by atoms with Crippen LogP contribution in [0.4, 0.5) is 14.5 Å². The molecule has 1 aromatic rings. The van der Waals surface area contributed by atoms with Gasteiger partial charge in [0.25, 0.3) is 12.1 Å². The van der Waals surface area contributed by atoms with Gasteiger partial charge in [-0.1, -0.05) is 0 Å². The quantitative estimate of drug-likeness (QED) is 0.602. The molecule has 0 aromatic heterocycles. The SMILES string of the molecule is Cc1cc([N+](=O)[O-])c(S(=O)(=O)NCC(O)C(F)F)cc1C. The summed E-state index contributed by atoms with van der Waals surface area (Å²) in [6, 6.07) is 2.18. The summed E-state index contributed by atoms with van der Waals surface area (Å²) in [5.41, 5.74) is 0.362. The number of sulfonamides is 1. The van der Waals surface area contributed by atoms with Crippen LogP contribution in [0.5, 0.6) is 0 Å². The van der Waals surface area contributed by atoms with Gasteiger partial charge in [0.05, 0.1) is 4.92 Å². The van der Waals surface area contributed by atoms with E-state index in [0.717, 1.165) is 12.1 Å². The fourth-order valence-corrected chi connectivity index (χ4v) is 2.78. The van der Waals surface area contributed by atoms with Gasteiger partial charge < -0.3 is 5.11 Å². The number of nitrogens with zero attached hydrogens (tertiary/aromatic N) is 1. The Balaban J connectivity index is 3.19. The maximum atomic E-state index is 12.1. The van der Waals surface area contributed by atoms with Gasteiger partial charge in [0.15, 0.2) is 4.90 Å². The third kappa shape index (κ3) is 4.16. The van der Waals surface area contributed by atoms with Gasteiger partial charge in [-0.25, -0.2) is 21.9 Å². The fraction of sp³-hybridized carbons (Fsp3) is 0.455. The Bertz CT molecular complexity index is 648. The number of nitrogens with one attached hydrogen (secondary N) is 1. The van der Waals surface area contributed by atoms with Crippen LogP contribution in [0.3, 0.4) is 0 Å². The minimum Gasteiger partial charge on any atom is -0.386 e. The minimum absolute atomic E-state index is 0.496. The first-order valence-electron chi connectivity index (χ1n) is 5.77. The molecule has 1 unspecified atom stereocenters. The number of nitro benzene ring substituents is 1. The lowest BCUT2D eigenvalue weighted by Gasteiger charge is -2.12. The average Bonchev–Trinajstić information content (AvgIpc) is 2.38. The van der Waals surface area contributed by atoms with Crippen LogP contribution in [0.2, 0.25) is 0 Å². The molecular weight excluding hydrogens is 310 g/mol. The number of hydrogen-bond donors (Lipinski definition) is 2. The number of hydrogen-bond acceptors (Lipinski definition) is 5. The number of rotatable bonds is 6. The molecule has 21 heavy (non-hydrogen) atoms. The Morgan fingerprint density at radius 3 is 2.33 bits per heavy atom. The number of alkyl halides is 2. The van der Waals surface area contributed by atoms with Gasteiger partial charge >= 0.3 is 0 Å². The van der Waals surface area contributed by atoms with Gasteiger partial charge in [-0.15, -0.1) is 0 Å². The van der Waals surface area contributed by atoms with E-state index in [9.17, 15) is 27.3 Å². The molecule has 0 aliphatic rings. The van der Waals surface area contributed by atoms with Crippen molar-refractivity contribution < 1.29 is 27.2 Å². The molecule has 0 aliphatic carbocycles. The minimum atomic E-state index is -4.39. The van der Waals surface area contributed by atoms with Gasteiger partial charge in [-0.05, 0) is 31.0 Å². The van der Waals surface area contributed by atoms with E-state index in [-0.39, 0.29) is 0 Å². The molecule has 1 atom stereocenters. The van der Waals surface area contributed by atoms with Crippen molar-refractivity contribution in [2.45, 2.75) is 31.3 Å². The van der Waals surface area contributed by atoms with Crippen molar-refractivity contribution >= 4 is 15.7 Å². The predicted molar refractivity (Wildman–Crippen MR) is 69.8 cm³/mol. The molecular formula is C11H14F2N2O5S. The largest absolute Gasteiger partial charge is 0.386 e. The predicted octanol–water partition coefficient (Wildman–Crippen LogP) is 1.12. The van der Waals surface area contributed by atoms with Gasteiger partial charge in [0, 0.05) is 12.6 Å². The second kappa shape index (κ2) is 6.41. The number of halogens is 2. The lowest BCUT2D eigenvalue weighted by Crippen LogP contribution is -2.36. The maximum absolute atomic E-state index is 12.1. The van der Waals surface area contributed by atoms with Crippen LogP contribution < -0.4 is 4.72 Å². The molecule has 0 radical (unpaired) electrons. The highest BCUT2D eigenvalue weighted by atomic mass is 32.2. The van der Waals surface area contributed by atoms with E-state index in [4.69, 9.17) is 5.11 Å². The van der Waals surface area contributed by atoms with Crippen LogP contribution in [-0.4, -0.2) is 37.5 Å². The molecule has 0 saturated heterocycles. The molecule has 1 aromatic carbocycles. The van der Waals surface area contributed by atoms with E-state index in [1.807, 2.05) is 0 Å². The summed E-state index contributed by atoms with van der Waals surface area (Å²) in [7, 11) is -4.39. The summed E-state index contributed by atoms with van der Waals surface area (Å²) in [4.78, 5) is 9.42. The van der Waals surface area contributed by atoms with E-state index in [2.05, 4.69) is 0 Å². The van der Waals surface area contributed by atoms with Crippen molar-refractivity contribution in [2.75, 3.05) is 6.54 Å². The van der Waals surface area contributed by atoms with Gasteiger partial charge in [0.1, 0.15) is 6.10 Å². The summed E-state index contributed by atoms with van der Waals surface area (Å²) in [5.74, 6) is 0. The van der Waals surface area contributed by atoms with Crippen molar-refractivity contribution in [3.63, 3.8) is 0 Å². The lowest BCUT2D eigenvalue weighted by molar-refractivity contribution is -0.387. The van der Waals surface area contributed by atoms with Crippen LogP contribution in [0.15, 0.2) is 17.0 Å². The van der Waals surface area contributed by atoms with E-state index >= 15 is 0 Å². The third-order valence-electron chi connectivity index (χ3n) is 2.83. The van der Waals surface area contributed by atoms with Crippen LogP contribution in [0.25, 0.3) is 0 Å². The number of aryl methyl sites for hydroxylation is 2. The molecule has 0 bridgehead atoms. The molecule has 0 fully saturated rings. The molecule has 118 valence electrons. The number of nitro groups is 1. The van der Waals surface area contributed by atoms with Crippen molar-refractivity contribution in [1.29, 1.82) is 0 Å². The van der Waals surface area contributed by atoms with Crippen molar-refractivity contribution in [3.05, 3.63) is 33.4 Å². The van der Waals surface area contributed by atoms with Gasteiger partial charge in [-0.2, -0.15) is 0 Å². The normalized spacial score (nSPS) is 13.4. The Morgan fingerprint density at radius 1 is 1.33 bits per heavy atom. The van der Waals surface area contributed by atoms with Crippen molar-refractivity contribution in [2.24, 2.45) is 0 Å². The second-order valence-corrected chi connectivity index (χ2v) is 6.15. The van der Waals surface area contributed by atoms with E-state index in [1.54, 1.807) is 18.6 Å². The Kier molecular flexibility index (Phi) is 5.31. The van der Waals surface area contributed by atoms with Gasteiger partial charge in [0.2, 0.25) is 10.0 Å². The van der Waals surface area contributed by atoms with Crippen LogP contribution in [0.1, 0.15) is 11.1 Å². The summed E-state index contributed by atoms with van der Waals surface area (Å²) < 4.78 is 50.0. The van der Waals surface area contributed by atoms with E-state index < -0.39 is 44.6 Å². The number of benzene rings is 1. The van der Waals surface area contributed by atoms with Crippen LogP contribution in [0, 0.1) is 24.0 Å². The maximum Gasteiger partial charge on any atom is 0.289 e. The number of aliphatic hydroxyl groups is 1. The highest BCUT2D eigenvalue weighted by Gasteiger charge is 2.28.